The molecule has 0 aromatic heterocycles. The van der Waals surface area contributed by atoms with Gasteiger partial charge >= 0.3 is 0 Å². The molecule has 0 spiro atoms. The third kappa shape index (κ3) is 6.69. The second-order valence-corrected chi connectivity index (χ2v) is 5.28. The molecule has 0 radical (unpaired) electrons. The van der Waals surface area contributed by atoms with Gasteiger partial charge in [-0.05, 0) is 30.3 Å². The molecule has 0 aliphatic rings. The summed E-state index contributed by atoms with van der Waals surface area (Å²) in [6.07, 6.45) is 1.43. The molecule has 2 amide bonds. The van der Waals surface area contributed by atoms with Gasteiger partial charge in [0, 0.05) is 5.56 Å². The standard InChI is InChI=1S/C19H21N3O5/c1-25-16-8-9-17(26-2)14(10-16)11-21-22-18(23)12-20-19(24)13-27-15-6-4-3-5-7-15/h3-11H,12-13H2,1-2H3,(H,20,24)(H,22,23)/b21-11-. The number of hydrogen-bond donors (Lipinski definition) is 2. The van der Waals surface area contributed by atoms with Crippen molar-refractivity contribution < 1.29 is 23.8 Å². The highest BCUT2D eigenvalue weighted by Crippen LogP contribution is 2.22. The molecule has 142 valence electrons. The smallest absolute Gasteiger partial charge is 0.259 e. The molecule has 27 heavy (non-hydrogen) atoms. The lowest BCUT2D eigenvalue weighted by Crippen LogP contribution is -2.37. The molecule has 8 nitrogen and oxygen atoms in total. The van der Waals surface area contributed by atoms with E-state index in [-0.39, 0.29) is 13.2 Å². The Kier molecular flexibility index (Phi) is 7.65. The summed E-state index contributed by atoms with van der Waals surface area (Å²) < 4.78 is 15.6. The Morgan fingerprint density at radius 2 is 1.78 bits per heavy atom. The maximum Gasteiger partial charge on any atom is 0.259 e. The van der Waals surface area contributed by atoms with Gasteiger partial charge < -0.3 is 19.5 Å². The number of carbonyl (C=O) groups excluding carboxylic acids is 2. The topological polar surface area (TPSA) is 98.3 Å². The van der Waals surface area contributed by atoms with Crippen molar-refractivity contribution in [3.63, 3.8) is 0 Å². The average Bonchev–Trinajstić information content (AvgIpc) is 2.71. The molecule has 0 saturated heterocycles. The molecule has 0 fully saturated rings. The Hall–Kier alpha value is -3.55. The van der Waals surface area contributed by atoms with Crippen molar-refractivity contribution >= 4 is 18.0 Å². The zero-order valence-corrected chi connectivity index (χ0v) is 15.1. The monoisotopic (exact) mass is 371 g/mol. The van der Waals surface area contributed by atoms with Crippen molar-refractivity contribution in [3.8, 4) is 17.2 Å². The van der Waals surface area contributed by atoms with Gasteiger partial charge in [0.1, 0.15) is 17.2 Å². The van der Waals surface area contributed by atoms with E-state index in [9.17, 15) is 9.59 Å². The van der Waals surface area contributed by atoms with Gasteiger partial charge in [-0.1, -0.05) is 18.2 Å². The van der Waals surface area contributed by atoms with Gasteiger partial charge in [-0.15, -0.1) is 0 Å². The molecule has 0 aliphatic heterocycles. The van der Waals surface area contributed by atoms with Crippen LogP contribution in [-0.2, 0) is 9.59 Å². The van der Waals surface area contributed by atoms with Crippen LogP contribution in [0.4, 0.5) is 0 Å². The fourth-order valence-corrected chi connectivity index (χ4v) is 2.05. The van der Waals surface area contributed by atoms with Crippen LogP contribution in [0.2, 0.25) is 0 Å². The molecular weight excluding hydrogens is 350 g/mol. The van der Waals surface area contributed by atoms with Crippen LogP contribution in [0.25, 0.3) is 0 Å². The summed E-state index contributed by atoms with van der Waals surface area (Å²) in [7, 11) is 3.08. The van der Waals surface area contributed by atoms with Crippen LogP contribution in [-0.4, -0.2) is 45.4 Å². The first kappa shape index (κ1) is 19.8. The van der Waals surface area contributed by atoms with Crippen LogP contribution in [0.5, 0.6) is 17.2 Å². The van der Waals surface area contributed by atoms with E-state index >= 15 is 0 Å². The maximum atomic E-state index is 11.8. The third-order valence-corrected chi connectivity index (χ3v) is 3.39. The number of hydrazone groups is 1. The minimum Gasteiger partial charge on any atom is -0.497 e. The lowest BCUT2D eigenvalue weighted by atomic mass is 10.2. The Morgan fingerprint density at radius 3 is 2.48 bits per heavy atom. The molecule has 2 N–H and O–H groups in total. The van der Waals surface area contributed by atoms with Crippen molar-refractivity contribution in [2.45, 2.75) is 0 Å². The van der Waals surface area contributed by atoms with Crippen LogP contribution in [0.15, 0.2) is 53.6 Å². The van der Waals surface area contributed by atoms with Gasteiger partial charge in [0.05, 0.1) is 27.0 Å². The minimum atomic E-state index is -0.471. The SMILES string of the molecule is COc1ccc(OC)c(/C=N\NC(=O)CNC(=O)COc2ccccc2)c1. The van der Waals surface area contributed by atoms with Crippen molar-refractivity contribution in [2.24, 2.45) is 5.10 Å². The van der Waals surface area contributed by atoms with E-state index in [0.717, 1.165) is 0 Å². The molecule has 0 heterocycles. The summed E-state index contributed by atoms with van der Waals surface area (Å²) >= 11 is 0. The fourth-order valence-electron chi connectivity index (χ4n) is 2.05. The number of amides is 2. The molecule has 0 bridgehead atoms. The largest absolute Gasteiger partial charge is 0.497 e. The van der Waals surface area contributed by atoms with E-state index in [0.29, 0.717) is 22.8 Å². The van der Waals surface area contributed by atoms with Gasteiger partial charge in [0.25, 0.3) is 11.8 Å². The van der Waals surface area contributed by atoms with Crippen molar-refractivity contribution in [3.05, 3.63) is 54.1 Å². The van der Waals surface area contributed by atoms with E-state index in [1.807, 2.05) is 6.07 Å². The molecule has 0 unspecified atom stereocenters. The summed E-state index contributed by atoms with van der Waals surface area (Å²) in [5.74, 6) is 0.914. The van der Waals surface area contributed by atoms with E-state index in [2.05, 4.69) is 15.8 Å². The van der Waals surface area contributed by atoms with E-state index in [1.165, 1.54) is 13.3 Å². The second kappa shape index (κ2) is 10.4. The van der Waals surface area contributed by atoms with Crippen molar-refractivity contribution in [1.29, 1.82) is 0 Å². The summed E-state index contributed by atoms with van der Waals surface area (Å²) in [6.45, 7) is -0.398. The summed E-state index contributed by atoms with van der Waals surface area (Å²) in [5.41, 5.74) is 2.96. The van der Waals surface area contributed by atoms with Crippen LogP contribution in [0.1, 0.15) is 5.56 Å². The zero-order chi connectivity index (χ0) is 19.5. The highest BCUT2D eigenvalue weighted by atomic mass is 16.5. The molecule has 0 saturated carbocycles. The number of ether oxygens (including phenoxy) is 3. The van der Waals surface area contributed by atoms with Crippen molar-refractivity contribution in [1.82, 2.24) is 10.7 Å². The first-order chi connectivity index (χ1) is 13.1. The Morgan fingerprint density at radius 1 is 1.00 bits per heavy atom. The van der Waals surface area contributed by atoms with Crippen molar-refractivity contribution in [2.75, 3.05) is 27.4 Å². The Balaban J connectivity index is 1.75. The number of hydrogen-bond acceptors (Lipinski definition) is 6. The van der Waals surface area contributed by atoms with Crippen LogP contribution in [0, 0.1) is 0 Å². The molecule has 0 aliphatic carbocycles. The highest BCUT2D eigenvalue weighted by Gasteiger charge is 2.06. The van der Waals surface area contributed by atoms with Gasteiger partial charge in [-0.2, -0.15) is 5.10 Å². The quantitative estimate of drug-likeness (QED) is 0.512. The van der Waals surface area contributed by atoms with E-state index in [1.54, 1.807) is 49.6 Å². The average molecular weight is 371 g/mol. The van der Waals surface area contributed by atoms with Gasteiger partial charge in [-0.3, -0.25) is 9.59 Å². The Labute approximate surface area is 157 Å². The molecule has 2 aromatic rings. The summed E-state index contributed by atoms with van der Waals surface area (Å²) in [6, 6.07) is 14.1. The number of carbonyl (C=O) groups is 2. The van der Waals surface area contributed by atoms with Crippen LogP contribution < -0.4 is 25.0 Å². The van der Waals surface area contributed by atoms with E-state index < -0.39 is 11.8 Å². The number of para-hydroxylation sites is 1. The Bertz CT molecular complexity index is 793. The van der Waals surface area contributed by atoms with Gasteiger partial charge in [-0.25, -0.2) is 5.43 Å². The summed E-state index contributed by atoms with van der Waals surface area (Å²) in [4.78, 5) is 23.4. The fraction of sp³-hybridized carbons (Fsp3) is 0.211. The minimum absolute atomic E-state index is 0.179. The van der Waals surface area contributed by atoms with E-state index in [4.69, 9.17) is 14.2 Å². The number of nitrogens with one attached hydrogen (secondary N) is 2. The normalized spacial score (nSPS) is 10.3. The van der Waals surface area contributed by atoms with Crippen LogP contribution >= 0.6 is 0 Å². The predicted octanol–water partition coefficient (Wildman–Crippen LogP) is 1.35. The molecule has 2 aromatic carbocycles. The lowest BCUT2D eigenvalue weighted by molar-refractivity contribution is -0.127. The molecule has 0 atom stereocenters. The zero-order valence-electron chi connectivity index (χ0n) is 15.1. The third-order valence-electron chi connectivity index (χ3n) is 3.39. The van der Waals surface area contributed by atoms with Gasteiger partial charge in [0.2, 0.25) is 0 Å². The molecule has 2 rings (SSSR count). The number of benzene rings is 2. The number of nitrogens with zero attached hydrogens (tertiary/aromatic N) is 1. The van der Waals surface area contributed by atoms with Crippen LogP contribution in [0.3, 0.4) is 0 Å². The maximum absolute atomic E-state index is 11.8. The second-order valence-electron chi connectivity index (χ2n) is 5.28. The first-order valence-electron chi connectivity index (χ1n) is 8.11. The van der Waals surface area contributed by atoms with Gasteiger partial charge in [0.15, 0.2) is 6.61 Å². The summed E-state index contributed by atoms with van der Waals surface area (Å²) in [5, 5.41) is 6.30. The number of methoxy groups -OCH3 is 2. The first-order valence-corrected chi connectivity index (χ1v) is 8.11. The highest BCUT2D eigenvalue weighted by molar-refractivity contribution is 5.88. The lowest BCUT2D eigenvalue weighted by Gasteiger charge is -2.07. The predicted molar refractivity (Wildman–Crippen MR) is 100 cm³/mol. The molecule has 8 heteroatoms. The number of rotatable bonds is 9. The molecular formula is C19H21N3O5.